The van der Waals surface area contributed by atoms with Gasteiger partial charge in [-0.05, 0) is 67.5 Å². The number of benzene rings is 2. The largest absolute Gasteiger partial charge is 0.342 e. The van der Waals surface area contributed by atoms with E-state index in [4.69, 9.17) is 23.2 Å². The molecule has 0 aromatic heterocycles. The van der Waals surface area contributed by atoms with Gasteiger partial charge >= 0.3 is 0 Å². The molecule has 1 unspecified atom stereocenters. The van der Waals surface area contributed by atoms with Gasteiger partial charge in [0.2, 0.25) is 5.91 Å². The third kappa shape index (κ3) is 4.69. The van der Waals surface area contributed by atoms with Crippen LogP contribution in [0.5, 0.6) is 0 Å². The van der Waals surface area contributed by atoms with Gasteiger partial charge < -0.3 is 4.90 Å². The molecule has 2 aromatic rings. The van der Waals surface area contributed by atoms with Crippen molar-refractivity contribution in [1.82, 2.24) is 9.80 Å². The van der Waals surface area contributed by atoms with Gasteiger partial charge in [0, 0.05) is 38.5 Å². The molecule has 0 radical (unpaired) electrons. The van der Waals surface area contributed by atoms with Crippen molar-refractivity contribution in [1.29, 1.82) is 0 Å². The first-order chi connectivity index (χ1) is 14.5. The lowest BCUT2D eigenvalue weighted by Crippen LogP contribution is -2.48. The van der Waals surface area contributed by atoms with Gasteiger partial charge in [0.05, 0.1) is 10.0 Å². The topological polar surface area (TPSA) is 23.6 Å². The van der Waals surface area contributed by atoms with Gasteiger partial charge in [-0.2, -0.15) is 0 Å². The number of amides is 1. The highest BCUT2D eigenvalue weighted by Crippen LogP contribution is 2.40. The highest BCUT2D eigenvalue weighted by atomic mass is 35.5. The van der Waals surface area contributed by atoms with Crippen LogP contribution in [0.1, 0.15) is 49.3 Å². The summed E-state index contributed by atoms with van der Waals surface area (Å²) >= 11 is 12.6. The van der Waals surface area contributed by atoms with Crippen molar-refractivity contribution in [2.75, 3.05) is 26.2 Å². The van der Waals surface area contributed by atoms with Crippen molar-refractivity contribution in [2.45, 2.75) is 51.0 Å². The molecule has 30 heavy (non-hydrogen) atoms. The van der Waals surface area contributed by atoms with E-state index in [1.807, 2.05) is 17.0 Å². The fraction of sp³-hybridized carbons (Fsp3) is 0.480. The average Bonchev–Trinajstić information content (AvgIpc) is 2.75. The second-order valence-electron chi connectivity index (χ2n) is 8.85. The molecule has 2 heterocycles. The Kier molecular flexibility index (Phi) is 6.72. The maximum atomic E-state index is 12.1. The summed E-state index contributed by atoms with van der Waals surface area (Å²) in [6, 6.07) is 14.8. The number of hydrogen-bond donors (Lipinski definition) is 0. The monoisotopic (exact) mass is 444 g/mol. The van der Waals surface area contributed by atoms with Crippen molar-refractivity contribution < 1.29 is 4.79 Å². The first kappa shape index (κ1) is 21.7. The van der Waals surface area contributed by atoms with E-state index in [2.05, 4.69) is 35.2 Å². The van der Waals surface area contributed by atoms with E-state index in [1.54, 1.807) is 6.92 Å². The predicted octanol–water partition coefficient (Wildman–Crippen LogP) is 5.71. The number of nitrogens with zero attached hydrogens (tertiary/aromatic N) is 2. The van der Waals surface area contributed by atoms with E-state index in [-0.39, 0.29) is 11.3 Å². The number of carbonyl (C=O) groups excluding carboxylic acids is 1. The molecule has 1 saturated heterocycles. The Morgan fingerprint density at radius 3 is 2.63 bits per heavy atom. The highest BCUT2D eigenvalue weighted by molar-refractivity contribution is 6.42. The molecule has 0 saturated carbocycles. The third-order valence-electron chi connectivity index (χ3n) is 6.89. The number of fused-ring (bicyclic) bond motifs is 1. The average molecular weight is 445 g/mol. The van der Waals surface area contributed by atoms with Gasteiger partial charge in [-0.1, -0.05) is 53.5 Å². The van der Waals surface area contributed by atoms with E-state index in [1.165, 1.54) is 16.7 Å². The van der Waals surface area contributed by atoms with Crippen LogP contribution < -0.4 is 0 Å². The zero-order valence-corrected chi connectivity index (χ0v) is 19.2. The smallest absolute Gasteiger partial charge is 0.219 e. The van der Waals surface area contributed by atoms with Crippen LogP contribution >= 0.6 is 23.2 Å². The fourth-order valence-electron chi connectivity index (χ4n) is 5.20. The Hall–Kier alpha value is -1.55. The maximum Gasteiger partial charge on any atom is 0.219 e. The van der Waals surface area contributed by atoms with E-state index >= 15 is 0 Å². The standard InChI is InChI=1S/C25H30Cl2N2O/c1-19(30)29-14-5-12-25(18-29,22-8-9-23(26)24(27)16-22)11-4-13-28-15-10-20-6-2-3-7-21(20)17-28/h2-3,6-9,16H,4-5,10-15,17-18H2,1H3. The van der Waals surface area contributed by atoms with E-state index in [9.17, 15) is 4.79 Å². The van der Waals surface area contributed by atoms with E-state index in [0.29, 0.717) is 10.0 Å². The second kappa shape index (κ2) is 9.30. The summed E-state index contributed by atoms with van der Waals surface area (Å²) in [6.45, 7) is 6.53. The summed E-state index contributed by atoms with van der Waals surface area (Å²) in [6.07, 6.45) is 5.39. The minimum absolute atomic E-state index is 0.0498. The third-order valence-corrected chi connectivity index (χ3v) is 7.63. The number of carbonyl (C=O) groups is 1. The molecule has 1 amide bonds. The molecular weight excluding hydrogens is 415 g/mol. The molecule has 5 heteroatoms. The van der Waals surface area contributed by atoms with Crippen molar-refractivity contribution in [3.05, 3.63) is 69.2 Å². The molecule has 2 aromatic carbocycles. The zero-order valence-electron chi connectivity index (χ0n) is 17.7. The van der Waals surface area contributed by atoms with Crippen LogP contribution in [0.2, 0.25) is 10.0 Å². The molecule has 2 aliphatic heterocycles. The SMILES string of the molecule is CC(=O)N1CCCC(CCCN2CCc3ccccc3C2)(c2ccc(Cl)c(Cl)c2)C1. The summed E-state index contributed by atoms with van der Waals surface area (Å²) < 4.78 is 0. The van der Waals surface area contributed by atoms with Gasteiger partial charge in [-0.3, -0.25) is 9.69 Å². The lowest BCUT2D eigenvalue weighted by atomic mass is 9.71. The molecule has 0 aliphatic carbocycles. The normalized spacial score (nSPS) is 22.0. The van der Waals surface area contributed by atoms with Gasteiger partial charge in [0.1, 0.15) is 0 Å². The fourth-order valence-corrected chi connectivity index (χ4v) is 5.49. The van der Waals surface area contributed by atoms with Gasteiger partial charge in [-0.15, -0.1) is 0 Å². The van der Waals surface area contributed by atoms with Crippen LogP contribution in [-0.2, 0) is 23.2 Å². The Morgan fingerprint density at radius 2 is 1.87 bits per heavy atom. The number of hydrogen-bond acceptors (Lipinski definition) is 2. The highest BCUT2D eigenvalue weighted by Gasteiger charge is 2.38. The number of halogens is 2. The predicted molar refractivity (Wildman–Crippen MR) is 124 cm³/mol. The lowest BCUT2D eigenvalue weighted by molar-refractivity contribution is -0.131. The summed E-state index contributed by atoms with van der Waals surface area (Å²) in [5, 5.41) is 1.18. The molecule has 1 fully saturated rings. The minimum atomic E-state index is -0.0498. The molecular formula is C25H30Cl2N2O. The minimum Gasteiger partial charge on any atom is -0.342 e. The maximum absolute atomic E-state index is 12.1. The molecule has 0 bridgehead atoms. The van der Waals surface area contributed by atoms with Gasteiger partial charge in [-0.25, -0.2) is 0 Å². The Balaban J connectivity index is 1.48. The van der Waals surface area contributed by atoms with Crippen molar-refractivity contribution >= 4 is 29.1 Å². The Labute approximate surface area is 190 Å². The first-order valence-electron chi connectivity index (χ1n) is 11.0. The summed E-state index contributed by atoms with van der Waals surface area (Å²) in [5.74, 6) is 0.159. The second-order valence-corrected chi connectivity index (χ2v) is 9.67. The molecule has 0 spiro atoms. The van der Waals surface area contributed by atoms with Crippen LogP contribution in [-0.4, -0.2) is 41.9 Å². The number of likely N-dealkylation sites (tertiary alicyclic amines) is 1. The Bertz CT molecular complexity index is 916. The van der Waals surface area contributed by atoms with Crippen molar-refractivity contribution in [2.24, 2.45) is 0 Å². The molecule has 2 aliphatic rings. The van der Waals surface area contributed by atoms with E-state index < -0.39 is 0 Å². The number of rotatable bonds is 5. The molecule has 0 N–H and O–H groups in total. The molecule has 1 atom stereocenters. The van der Waals surface area contributed by atoms with Gasteiger partial charge in [0.15, 0.2) is 0 Å². The van der Waals surface area contributed by atoms with Crippen LogP contribution in [0.3, 0.4) is 0 Å². The molecule has 160 valence electrons. The summed E-state index contributed by atoms with van der Waals surface area (Å²) in [5.41, 5.74) is 4.12. The van der Waals surface area contributed by atoms with Gasteiger partial charge in [0.25, 0.3) is 0 Å². The van der Waals surface area contributed by atoms with Crippen LogP contribution in [0.4, 0.5) is 0 Å². The van der Waals surface area contributed by atoms with Crippen molar-refractivity contribution in [3.8, 4) is 0 Å². The molecule has 3 nitrogen and oxygen atoms in total. The quantitative estimate of drug-likeness (QED) is 0.589. The summed E-state index contributed by atoms with van der Waals surface area (Å²) in [7, 11) is 0. The Morgan fingerprint density at radius 1 is 1.07 bits per heavy atom. The van der Waals surface area contributed by atoms with Crippen LogP contribution in [0.15, 0.2) is 42.5 Å². The summed E-state index contributed by atoms with van der Waals surface area (Å²) in [4.78, 5) is 16.7. The number of piperidine rings is 1. The molecule has 4 rings (SSSR count). The van der Waals surface area contributed by atoms with E-state index in [0.717, 1.165) is 64.8 Å². The zero-order chi connectivity index (χ0) is 21.1. The van der Waals surface area contributed by atoms with Crippen LogP contribution in [0, 0.1) is 0 Å². The first-order valence-corrected chi connectivity index (χ1v) is 11.7. The lowest BCUT2D eigenvalue weighted by Gasteiger charge is -2.44. The van der Waals surface area contributed by atoms with Crippen LogP contribution in [0.25, 0.3) is 0 Å². The van der Waals surface area contributed by atoms with Crippen molar-refractivity contribution in [3.63, 3.8) is 0 Å².